The van der Waals surface area contributed by atoms with Crippen LogP contribution in [0.15, 0.2) is 30.3 Å². The topological polar surface area (TPSA) is 43.9 Å². The summed E-state index contributed by atoms with van der Waals surface area (Å²) in [4.78, 5) is 30.7. The molecule has 0 saturated carbocycles. The number of rotatable bonds is 4. The third kappa shape index (κ3) is 3.66. The number of carbonyl (C=O) groups excluding carboxylic acids is 2. The number of urea groups is 1. The van der Waals surface area contributed by atoms with Crippen molar-refractivity contribution in [1.29, 1.82) is 0 Å². The number of amides is 3. The van der Waals surface area contributed by atoms with Crippen LogP contribution in [0.3, 0.4) is 0 Å². The molecule has 0 aliphatic carbocycles. The number of nitrogens with zero attached hydrogens (tertiary/aromatic N) is 3. The molecule has 0 N–H and O–H groups in total. The average Bonchev–Trinajstić information content (AvgIpc) is 2.55. The summed E-state index contributed by atoms with van der Waals surface area (Å²) >= 11 is 0. The van der Waals surface area contributed by atoms with E-state index >= 15 is 0 Å². The van der Waals surface area contributed by atoms with Crippen LogP contribution in [0.5, 0.6) is 0 Å². The summed E-state index contributed by atoms with van der Waals surface area (Å²) < 4.78 is 0. The van der Waals surface area contributed by atoms with Gasteiger partial charge in [0.1, 0.15) is 6.04 Å². The molecule has 0 aromatic heterocycles. The summed E-state index contributed by atoms with van der Waals surface area (Å²) in [7, 11) is 1.74. The van der Waals surface area contributed by atoms with Gasteiger partial charge in [-0.05, 0) is 45.7 Å². The van der Waals surface area contributed by atoms with Crippen molar-refractivity contribution in [3.63, 3.8) is 0 Å². The van der Waals surface area contributed by atoms with Gasteiger partial charge in [-0.1, -0.05) is 18.2 Å². The van der Waals surface area contributed by atoms with Crippen LogP contribution in [0.4, 0.5) is 10.5 Å². The second-order valence-electron chi connectivity index (χ2n) is 6.26. The summed E-state index contributed by atoms with van der Waals surface area (Å²) in [6.45, 7) is 7.31. The van der Waals surface area contributed by atoms with Crippen molar-refractivity contribution >= 4 is 17.6 Å². The molecule has 0 bridgehead atoms. The Morgan fingerprint density at radius 2 is 1.96 bits per heavy atom. The summed E-state index contributed by atoms with van der Waals surface area (Å²) in [5, 5.41) is 0. The normalized spacial score (nSPS) is 18.2. The molecule has 1 fully saturated rings. The smallest absolute Gasteiger partial charge is 0.320 e. The van der Waals surface area contributed by atoms with Gasteiger partial charge < -0.3 is 14.7 Å². The highest BCUT2D eigenvalue weighted by Crippen LogP contribution is 2.23. The first-order chi connectivity index (χ1) is 11.0. The van der Waals surface area contributed by atoms with E-state index in [1.54, 1.807) is 21.7 Å². The minimum absolute atomic E-state index is 0.0121. The van der Waals surface area contributed by atoms with Crippen LogP contribution in [-0.2, 0) is 4.79 Å². The zero-order valence-electron chi connectivity index (χ0n) is 14.5. The minimum atomic E-state index is -0.385. The quantitative estimate of drug-likeness (QED) is 0.857. The van der Waals surface area contributed by atoms with E-state index in [9.17, 15) is 9.59 Å². The van der Waals surface area contributed by atoms with Gasteiger partial charge in [0, 0.05) is 31.9 Å². The fourth-order valence-electron chi connectivity index (χ4n) is 3.14. The van der Waals surface area contributed by atoms with Gasteiger partial charge in [-0.2, -0.15) is 0 Å². The molecule has 1 saturated heterocycles. The Hall–Kier alpha value is -2.04. The lowest BCUT2D eigenvalue weighted by Gasteiger charge is -2.39. The summed E-state index contributed by atoms with van der Waals surface area (Å²) in [5.74, 6) is 0.0121. The zero-order valence-corrected chi connectivity index (χ0v) is 14.5. The third-order valence-electron chi connectivity index (χ3n) is 4.46. The Morgan fingerprint density at radius 3 is 2.52 bits per heavy atom. The van der Waals surface area contributed by atoms with Gasteiger partial charge >= 0.3 is 6.03 Å². The second-order valence-corrected chi connectivity index (χ2v) is 6.26. The van der Waals surface area contributed by atoms with Crippen LogP contribution >= 0.6 is 0 Å². The number of hydrogen-bond acceptors (Lipinski definition) is 2. The lowest BCUT2D eigenvalue weighted by molar-refractivity contribution is -0.124. The first-order valence-electron chi connectivity index (χ1n) is 8.37. The Morgan fingerprint density at radius 1 is 1.30 bits per heavy atom. The number of para-hydroxylation sites is 1. The molecule has 1 aromatic carbocycles. The van der Waals surface area contributed by atoms with E-state index in [1.165, 1.54) is 0 Å². The predicted octanol–water partition coefficient (Wildman–Crippen LogP) is 2.96. The van der Waals surface area contributed by atoms with Crippen LogP contribution < -0.4 is 4.90 Å². The van der Waals surface area contributed by atoms with Crippen LogP contribution in [0.25, 0.3) is 0 Å². The van der Waals surface area contributed by atoms with E-state index in [1.807, 2.05) is 51.1 Å². The van der Waals surface area contributed by atoms with Gasteiger partial charge in [0.2, 0.25) is 5.91 Å². The van der Waals surface area contributed by atoms with E-state index in [4.69, 9.17) is 0 Å². The van der Waals surface area contributed by atoms with Gasteiger partial charge in [-0.15, -0.1) is 0 Å². The van der Waals surface area contributed by atoms with E-state index in [-0.39, 0.29) is 24.0 Å². The van der Waals surface area contributed by atoms with Crippen LogP contribution in [0, 0.1) is 0 Å². The number of carbonyl (C=O) groups is 2. The third-order valence-corrected chi connectivity index (χ3v) is 4.46. The molecule has 1 aliphatic heterocycles. The van der Waals surface area contributed by atoms with Gasteiger partial charge in [0.25, 0.3) is 0 Å². The van der Waals surface area contributed by atoms with Crippen molar-refractivity contribution in [2.45, 2.75) is 45.7 Å². The summed E-state index contributed by atoms with van der Waals surface area (Å²) in [6.07, 6.45) is 1.62. The highest BCUT2D eigenvalue weighted by atomic mass is 16.2. The average molecular weight is 317 g/mol. The van der Waals surface area contributed by atoms with Crippen molar-refractivity contribution < 1.29 is 9.59 Å². The molecule has 5 nitrogen and oxygen atoms in total. The van der Waals surface area contributed by atoms with Gasteiger partial charge in [0.05, 0.1) is 0 Å². The molecule has 1 aliphatic rings. The van der Waals surface area contributed by atoms with Crippen molar-refractivity contribution in [3.8, 4) is 0 Å². The Labute approximate surface area is 138 Å². The maximum atomic E-state index is 12.9. The Kier molecular flexibility index (Phi) is 5.64. The second kappa shape index (κ2) is 7.49. The largest absolute Gasteiger partial charge is 0.322 e. The molecule has 1 atom stereocenters. The monoisotopic (exact) mass is 317 g/mol. The number of likely N-dealkylation sites (N-methyl/N-ethyl adjacent to an activating group) is 1. The molecule has 126 valence electrons. The van der Waals surface area contributed by atoms with Gasteiger partial charge in [-0.3, -0.25) is 4.79 Å². The number of piperidine rings is 1. The first-order valence-corrected chi connectivity index (χ1v) is 8.37. The minimum Gasteiger partial charge on any atom is -0.322 e. The molecule has 1 aromatic rings. The molecule has 1 heterocycles. The first kappa shape index (κ1) is 17.3. The highest BCUT2D eigenvalue weighted by Gasteiger charge is 2.36. The molecule has 23 heavy (non-hydrogen) atoms. The standard InChI is InChI=1S/C18H27N3O2/c1-5-20(14(2)3)18(23)19(4)16-12-9-13-21(17(16)22)15-10-7-6-8-11-15/h6-8,10-11,14,16H,5,9,12-13H2,1-4H3/t16-/m1/s1. The fraction of sp³-hybridized carbons (Fsp3) is 0.556. The lowest BCUT2D eigenvalue weighted by Crippen LogP contribution is -2.56. The van der Waals surface area contributed by atoms with Crippen LogP contribution in [-0.4, -0.2) is 54.0 Å². The maximum absolute atomic E-state index is 12.9. The van der Waals surface area contributed by atoms with E-state index in [2.05, 4.69) is 0 Å². The Bertz CT molecular complexity index is 544. The van der Waals surface area contributed by atoms with Crippen molar-refractivity contribution in [2.75, 3.05) is 25.0 Å². The zero-order chi connectivity index (χ0) is 17.0. The van der Waals surface area contributed by atoms with Gasteiger partial charge in [0.15, 0.2) is 0 Å². The van der Waals surface area contributed by atoms with Gasteiger partial charge in [-0.25, -0.2) is 4.79 Å². The molecular formula is C18H27N3O2. The molecule has 0 radical (unpaired) electrons. The number of hydrogen-bond donors (Lipinski definition) is 0. The van der Waals surface area contributed by atoms with Crippen molar-refractivity contribution in [1.82, 2.24) is 9.80 Å². The lowest BCUT2D eigenvalue weighted by atomic mass is 10.0. The predicted molar refractivity (Wildman–Crippen MR) is 92.5 cm³/mol. The molecule has 5 heteroatoms. The van der Waals surface area contributed by atoms with Crippen molar-refractivity contribution in [2.24, 2.45) is 0 Å². The highest BCUT2D eigenvalue weighted by molar-refractivity contribution is 5.99. The fourth-order valence-corrected chi connectivity index (χ4v) is 3.14. The number of anilines is 1. The van der Waals surface area contributed by atoms with Crippen LogP contribution in [0.1, 0.15) is 33.6 Å². The van der Waals surface area contributed by atoms with E-state index in [0.717, 1.165) is 18.5 Å². The van der Waals surface area contributed by atoms with Crippen LogP contribution in [0.2, 0.25) is 0 Å². The molecule has 0 spiro atoms. The maximum Gasteiger partial charge on any atom is 0.320 e. The SMILES string of the molecule is CCN(C(=O)N(C)[C@@H]1CCCN(c2ccccc2)C1=O)C(C)C. The molecule has 2 rings (SSSR count). The van der Waals surface area contributed by atoms with Crippen molar-refractivity contribution in [3.05, 3.63) is 30.3 Å². The molecular weight excluding hydrogens is 290 g/mol. The summed E-state index contributed by atoms with van der Waals surface area (Å²) in [5.41, 5.74) is 0.902. The molecule has 0 unspecified atom stereocenters. The van der Waals surface area contributed by atoms with E-state index in [0.29, 0.717) is 13.1 Å². The van der Waals surface area contributed by atoms with E-state index < -0.39 is 0 Å². The molecule has 3 amide bonds. The number of benzene rings is 1. The summed E-state index contributed by atoms with van der Waals surface area (Å²) in [6, 6.07) is 9.34. The Balaban J connectivity index is 2.16.